The quantitative estimate of drug-likeness (QED) is 0.903. The van der Waals surface area contributed by atoms with Gasteiger partial charge in [-0.3, -0.25) is 0 Å². The number of aliphatic hydroxyl groups excluding tert-OH is 1. The van der Waals surface area contributed by atoms with Crippen molar-refractivity contribution in [3.05, 3.63) is 23.8 Å². The minimum atomic E-state index is -1.04. The monoisotopic (exact) mass is 305 g/mol. The molecule has 3 rings (SSSR count). The van der Waals surface area contributed by atoms with E-state index in [0.717, 1.165) is 0 Å². The van der Waals surface area contributed by atoms with Crippen LogP contribution in [0.5, 0.6) is 5.75 Å². The van der Waals surface area contributed by atoms with Gasteiger partial charge in [-0.15, -0.1) is 0 Å². The van der Waals surface area contributed by atoms with Gasteiger partial charge in [0.05, 0.1) is 12.2 Å². The number of carboxylic acids is 1. The Bertz CT molecular complexity index is 706. The van der Waals surface area contributed by atoms with Gasteiger partial charge in [0, 0.05) is 18.5 Å². The van der Waals surface area contributed by atoms with E-state index >= 15 is 0 Å². The first-order valence-electron chi connectivity index (χ1n) is 7.35. The summed E-state index contributed by atoms with van der Waals surface area (Å²) in [6.07, 6.45) is 0.165. The molecule has 2 N–H and O–H groups in total. The van der Waals surface area contributed by atoms with E-state index in [2.05, 4.69) is 0 Å². The molecule has 1 aliphatic rings. The van der Waals surface area contributed by atoms with Crippen molar-refractivity contribution in [3.8, 4) is 5.75 Å². The molecular weight excluding hydrogens is 286 g/mol. The van der Waals surface area contributed by atoms with Crippen LogP contribution < -0.4 is 9.64 Å². The number of anilines is 1. The minimum Gasteiger partial charge on any atom is -0.491 e. The average Bonchev–Trinajstić information content (AvgIpc) is 3.00. The normalized spacial score (nSPS) is 18.4. The molecule has 1 fully saturated rings. The molecular formula is C16H19NO5. The molecule has 118 valence electrons. The van der Waals surface area contributed by atoms with Crippen molar-refractivity contribution in [3.63, 3.8) is 0 Å². The Hall–Kier alpha value is -2.21. The molecule has 2 aromatic rings. The third-order valence-corrected chi connectivity index (χ3v) is 3.68. The number of nitrogens with zero attached hydrogens (tertiary/aromatic N) is 1. The Morgan fingerprint density at radius 1 is 1.45 bits per heavy atom. The largest absolute Gasteiger partial charge is 0.491 e. The fraction of sp³-hybridized carbons (Fsp3) is 0.438. The number of hydrogen-bond donors (Lipinski definition) is 2. The highest BCUT2D eigenvalue weighted by molar-refractivity contribution is 6.07. The van der Waals surface area contributed by atoms with E-state index in [1.165, 1.54) is 0 Å². The van der Waals surface area contributed by atoms with Crippen LogP contribution in [0, 0.1) is 0 Å². The first-order chi connectivity index (χ1) is 10.5. The number of benzene rings is 1. The van der Waals surface area contributed by atoms with Crippen molar-refractivity contribution in [1.82, 2.24) is 0 Å². The van der Waals surface area contributed by atoms with Crippen LogP contribution in [0.4, 0.5) is 5.88 Å². The summed E-state index contributed by atoms with van der Waals surface area (Å²) in [4.78, 5) is 13.5. The number of fused-ring (bicyclic) bond motifs is 1. The summed E-state index contributed by atoms with van der Waals surface area (Å²) in [6.45, 7) is 4.79. The number of furan rings is 1. The molecule has 0 radical (unpaired) electrons. The average molecular weight is 305 g/mol. The zero-order valence-electron chi connectivity index (χ0n) is 12.6. The maximum absolute atomic E-state index is 11.7. The van der Waals surface area contributed by atoms with Crippen LogP contribution in [0.1, 0.15) is 30.6 Å². The first-order valence-corrected chi connectivity index (χ1v) is 7.35. The molecule has 0 amide bonds. The summed E-state index contributed by atoms with van der Waals surface area (Å²) >= 11 is 0. The zero-order valence-corrected chi connectivity index (χ0v) is 12.6. The summed E-state index contributed by atoms with van der Waals surface area (Å²) in [7, 11) is 0. The highest BCUT2D eigenvalue weighted by Crippen LogP contribution is 2.36. The van der Waals surface area contributed by atoms with Crippen LogP contribution >= 0.6 is 0 Å². The summed E-state index contributed by atoms with van der Waals surface area (Å²) in [6, 6.07) is 5.17. The highest BCUT2D eigenvalue weighted by Gasteiger charge is 2.29. The lowest BCUT2D eigenvalue weighted by Gasteiger charge is -2.14. The fourth-order valence-corrected chi connectivity index (χ4v) is 2.76. The van der Waals surface area contributed by atoms with E-state index < -0.39 is 12.1 Å². The Kier molecular flexibility index (Phi) is 3.70. The number of aliphatic hydroxyl groups is 1. The molecule has 1 aliphatic heterocycles. The molecule has 1 aromatic carbocycles. The van der Waals surface area contributed by atoms with Gasteiger partial charge in [0.2, 0.25) is 5.88 Å². The summed E-state index contributed by atoms with van der Waals surface area (Å²) in [5, 5.41) is 19.7. The van der Waals surface area contributed by atoms with Gasteiger partial charge < -0.3 is 24.3 Å². The number of aromatic carboxylic acids is 1. The SMILES string of the molecule is CC(C)Oc1ccc2oc(N3CCC(O)C3)c(C(=O)O)c2c1. The predicted octanol–water partition coefficient (Wildman–Crippen LogP) is 2.49. The lowest BCUT2D eigenvalue weighted by atomic mass is 10.1. The molecule has 1 saturated heterocycles. The Labute approximate surface area is 127 Å². The van der Waals surface area contributed by atoms with Gasteiger partial charge in [0.15, 0.2) is 0 Å². The Balaban J connectivity index is 2.09. The van der Waals surface area contributed by atoms with E-state index in [0.29, 0.717) is 42.1 Å². The molecule has 1 atom stereocenters. The second-order valence-electron chi connectivity index (χ2n) is 5.80. The maximum Gasteiger partial charge on any atom is 0.341 e. The van der Waals surface area contributed by atoms with Crippen LogP contribution in [0.15, 0.2) is 22.6 Å². The Morgan fingerprint density at radius 2 is 2.23 bits per heavy atom. The molecule has 0 bridgehead atoms. The van der Waals surface area contributed by atoms with Gasteiger partial charge in [-0.2, -0.15) is 0 Å². The number of carboxylic acid groups (broad SMARTS) is 1. The van der Waals surface area contributed by atoms with Gasteiger partial charge in [0.1, 0.15) is 16.9 Å². The number of hydrogen-bond acceptors (Lipinski definition) is 5. The number of rotatable bonds is 4. The van der Waals surface area contributed by atoms with Crippen LogP contribution in [-0.2, 0) is 0 Å². The minimum absolute atomic E-state index is 0.00540. The second kappa shape index (κ2) is 5.53. The highest BCUT2D eigenvalue weighted by atomic mass is 16.5. The molecule has 6 nitrogen and oxygen atoms in total. The van der Waals surface area contributed by atoms with Crippen molar-refractivity contribution >= 4 is 22.8 Å². The molecule has 1 aromatic heterocycles. The second-order valence-corrected chi connectivity index (χ2v) is 5.80. The van der Waals surface area contributed by atoms with E-state index in [4.69, 9.17) is 9.15 Å². The van der Waals surface area contributed by atoms with E-state index in [-0.39, 0.29) is 11.7 Å². The van der Waals surface area contributed by atoms with E-state index in [1.54, 1.807) is 23.1 Å². The van der Waals surface area contributed by atoms with Crippen molar-refractivity contribution in [2.75, 3.05) is 18.0 Å². The van der Waals surface area contributed by atoms with Crippen molar-refractivity contribution < 1.29 is 24.2 Å². The lowest BCUT2D eigenvalue weighted by molar-refractivity contribution is 0.0698. The smallest absolute Gasteiger partial charge is 0.341 e. The fourth-order valence-electron chi connectivity index (χ4n) is 2.76. The van der Waals surface area contributed by atoms with Crippen LogP contribution in [0.25, 0.3) is 11.0 Å². The number of carbonyl (C=O) groups is 1. The van der Waals surface area contributed by atoms with Gasteiger partial charge in [-0.1, -0.05) is 0 Å². The molecule has 0 spiro atoms. The van der Waals surface area contributed by atoms with Gasteiger partial charge in [-0.05, 0) is 38.5 Å². The summed E-state index contributed by atoms with van der Waals surface area (Å²) in [5.41, 5.74) is 0.628. The third-order valence-electron chi connectivity index (χ3n) is 3.68. The van der Waals surface area contributed by atoms with Gasteiger partial charge >= 0.3 is 5.97 Å². The molecule has 2 heterocycles. The predicted molar refractivity (Wildman–Crippen MR) is 81.8 cm³/mol. The van der Waals surface area contributed by atoms with Crippen molar-refractivity contribution in [2.45, 2.75) is 32.5 Å². The number of ether oxygens (including phenoxy) is 1. The van der Waals surface area contributed by atoms with Gasteiger partial charge in [0.25, 0.3) is 0 Å². The molecule has 0 aliphatic carbocycles. The molecule has 22 heavy (non-hydrogen) atoms. The lowest BCUT2D eigenvalue weighted by Crippen LogP contribution is -2.22. The van der Waals surface area contributed by atoms with Crippen LogP contribution in [0.2, 0.25) is 0 Å². The van der Waals surface area contributed by atoms with Crippen LogP contribution in [-0.4, -0.2) is 41.5 Å². The third kappa shape index (κ3) is 2.62. The standard InChI is InChI=1S/C16H19NO5/c1-9(2)21-11-3-4-13-12(7-11)14(16(19)20)15(22-13)17-6-5-10(18)8-17/h3-4,7,9-10,18H,5-6,8H2,1-2H3,(H,19,20). The summed E-state index contributed by atoms with van der Waals surface area (Å²) in [5.74, 6) is -0.128. The molecule has 6 heteroatoms. The van der Waals surface area contributed by atoms with Gasteiger partial charge in [-0.25, -0.2) is 4.79 Å². The van der Waals surface area contributed by atoms with Crippen molar-refractivity contribution in [1.29, 1.82) is 0 Å². The maximum atomic E-state index is 11.7. The summed E-state index contributed by atoms with van der Waals surface area (Å²) < 4.78 is 11.4. The van der Waals surface area contributed by atoms with Crippen LogP contribution in [0.3, 0.4) is 0 Å². The number of β-amino-alcohol motifs (C(OH)–C–C–N with tert-alkyl or cyclic N) is 1. The Morgan fingerprint density at radius 3 is 2.82 bits per heavy atom. The van der Waals surface area contributed by atoms with E-state index in [9.17, 15) is 15.0 Å². The van der Waals surface area contributed by atoms with Crippen molar-refractivity contribution in [2.24, 2.45) is 0 Å². The molecule has 0 saturated carbocycles. The van der Waals surface area contributed by atoms with E-state index in [1.807, 2.05) is 13.8 Å². The molecule has 1 unspecified atom stereocenters. The zero-order chi connectivity index (χ0) is 15.9. The first kappa shape index (κ1) is 14.7. The topological polar surface area (TPSA) is 83.1 Å².